The number of hydrogen-bond donors (Lipinski definition) is 0. The van der Waals surface area contributed by atoms with Gasteiger partial charge in [-0.2, -0.15) is 0 Å². The zero-order chi connectivity index (χ0) is 60.5. The summed E-state index contributed by atoms with van der Waals surface area (Å²) in [4.78, 5) is 38.6. The number of carbonyl (C=O) groups excluding carboxylic acids is 2. The Kier molecular flexibility index (Phi) is 21.4. The molecule has 4 atom stereocenters. The van der Waals surface area contributed by atoms with E-state index in [0.717, 1.165) is 133 Å². The Balaban J connectivity index is 1.28. The Morgan fingerprint density at radius 2 is 1.24 bits per heavy atom. The topological polar surface area (TPSA) is 63.7 Å². The molecule has 0 radical (unpaired) electrons. The van der Waals surface area contributed by atoms with Crippen molar-refractivity contribution in [3.63, 3.8) is 0 Å². The van der Waals surface area contributed by atoms with Gasteiger partial charge in [0.05, 0.1) is 4.88 Å². The van der Waals surface area contributed by atoms with E-state index < -0.39 is 5.41 Å². The van der Waals surface area contributed by atoms with Crippen molar-refractivity contribution < 1.29 is 18.4 Å². The number of thiophene rings is 4. The summed E-state index contributed by atoms with van der Waals surface area (Å²) in [6.07, 6.45) is 26.2. The highest BCUT2D eigenvalue weighted by Gasteiger charge is 2.46. The van der Waals surface area contributed by atoms with Gasteiger partial charge >= 0.3 is 0 Å². The highest BCUT2D eigenvalue weighted by molar-refractivity contribution is 7.28. The van der Waals surface area contributed by atoms with E-state index in [1.807, 2.05) is 34.0 Å². The Bertz CT molecular complexity index is 3630. The number of allylic oxidation sites excluding steroid dienone is 2. The molecule has 9 aromatic rings. The van der Waals surface area contributed by atoms with Crippen LogP contribution in [-0.2, 0) is 23.7 Å². The van der Waals surface area contributed by atoms with Crippen LogP contribution in [-0.4, -0.2) is 23.3 Å². The van der Waals surface area contributed by atoms with E-state index in [9.17, 15) is 4.79 Å². The van der Waals surface area contributed by atoms with Crippen LogP contribution in [0.25, 0.3) is 62.7 Å². The number of unbranched alkanes of at least 4 members (excludes halogenated alkanes) is 8. The quantitative estimate of drug-likeness (QED) is 0.0234. The second-order valence-electron chi connectivity index (χ2n) is 25.3. The Morgan fingerprint density at radius 1 is 0.593 bits per heavy atom. The first kappa shape index (κ1) is 63.7. The van der Waals surface area contributed by atoms with Crippen molar-refractivity contribution in [2.24, 2.45) is 11.8 Å². The Labute approximate surface area is 530 Å². The molecule has 0 aliphatic carbocycles. The van der Waals surface area contributed by atoms with Gasteiger partial charge in [-0.25, -0.2) is 0 Å². The summed E-state index contributed by atoms with van der Waals surface area (Å²) in [7, 11) is 0. The van der Waals surface area contributed by atoms with Crippen molar-refractivity contribution in [3.8, 4) is 31.5 Å². The summed E-state index contributed by atoms with van der Waals surface area (Å²) in [5.74, 6) is 2.85. The second-order valence-corrected chi connectivity index (χ2v) is 29.6. The number of nitrogens with zero attached hydrogens (tertiary/aromatic N) is 1. The maximum Gasteiger partial charge on any atom is 0.297 e. The highest BCUT2D eigenvalue weighted by atomic mass is 32.1. The fourth-order valence-electron chi connectivity index (χ4n) is 14.0. The molecule has 1 aliphatic heterocycles. The smallest absolute Gasteiger partial charge is 0.297 e. The third-order valence-electron chi connectivity index (χ3n) is 19.2. The second kappa shape index (κ2) is 28.9. The molecular formula is C77H95NO4S4. The first-order valence-corrected chi connectivity index (χ1v) is 36.6. The molecule has 0 saturated carbocycles. The van der Waals surface area contributed by atoms with E-state index in [0.29, 0.717) is 29.5 Å². The normalized spacial score (nSPS) is 15.2. The van der Waals surface area contributed by atoms with E-state index in [1.165, 1.54) is 107 Å². The lowest BCUT2D eigenvalue weighted by Gasteiger charge is -2.34. The first-order chi connectivity index (χ1) is 41.9. The lowest BCUT2D eigenvalue weighted by molar-refractivity contribution is 0.0640. The number of amides is 2. The molecule has 3 aromatic carbocycles. The highest BCUT2D eigenvalue weighted by Crippen LogP contribution is 2.59. The van der Waals surface area contributed by atoms with Crippen LogP contribution in [0.5, 0.6) is 0 Å². The molecule has 2 amide bonds. The van der Waals surface area contributed by atoms with Crippen LogP contribution in [0.15, 0.2) is 118 Å². The fraction of sp³-hybridized carbons (Fsp3) is 0.481. The van der Waals surface area contributed by atoms with Crippen LogP contribution in [0.3, 0.4) is 0 Å². The van der Waals surface area contributed by atoms with E-state index in [1.54, 1.807) is 11.3 Å². The van der Waals surface area contributed by atoms with Crippen LogP contribution in [0, 0.1) is 11.8 Å². The third-order valence-corrected chi connectivity index (χ3v) is 24.5. The number of carbonyl (C=O) groups is 2. The van der Waals surface area contributed by atoms with Crippen LogP contribution in [0.1, 0.15) is 250 Å². The van der Waals surface area contributed by atoms with Gasteiger partial charge in [0.1, 0.15) is 17.1 Å². The largest absolute Gasteiger partial charge is 0.461 e. The summed E-state index contributed by atoms with van der Waals surface area (Å²) < 4.78 is 16.9. The molecule has 10 rings (SSSR count). The van der Waals surface area contributed by atoms with Gasteiger partial charge in [-0.3, -0.25) is 14.5 Å². The number of benzene rings is 3. The number of furan rings is 2. The molecule has 1 aliphatic rings. The minimum Gasteiger partial charge on any atom is -0.461 e. The molecule has 0 fully saturated rings. The van der Waals surface area contributed by atoms with Gasteiger partial charge in [-0.15, -0.1) is 45.3 Å². The summed E-state index contributed by atoms with van der Waals surface area (Å²) in [5.41, 5.74) is 6.81. The molecule has 456 valence electrons. The predicted octanol–water partition coefficient (Wildman–Crippen LogP) is 25.0. The standard InChI is InChI=1S/C77H95NO4S4/c1-11-19-23-24-32-45-78-74(79)67-66-68(82-69(67)75(78)80)72(86-73(66)76(10,44-31-20-12-2)54-35-27-25-28-36-54)62-48-58-65(61-42-40-57(83-61)47-53(18-8)34-22-14-4)71-59(64(70(58)84-62)60-41-39-56(81-60)46-52(17-7)33-21-13-3)49-63(85-71)77(43-15-5,50-51(9)16-6)55-37-29-26-30-38-55/h16,25-30,35-42,48-49,52-53H,11-15,17-24,31-34,43-47,50H2,1-10H3/b51-16-. The number of fused-ring (bicyclic) bond motifs is 5. The molecule has 0 N–H and O–H groups in total. The van der Waals surface area contributed by atoms with Gasteiger partial charge in [0.15, 0.2) is 5.58 Å². The van der Waals surface area contributed by atoms with Gasteiger partial charge in [-0.1, -0.05) is 230 Å². The molecule has 0 saturated heterocycles. The van der Waals surface area contributed by atoms with Crippen molar-refractivity contribution in [2.45, 2.75) is 221 Å². The van der Waals surface area contributed by atoms with E-state index in [4.69, 9.17) is 8.83 Å². The number of rotatable bonds is 33. The minimum atomic E-state index is -0.466. The monoisotopic (exact) mass is 1230 g/mol. The molecule has 86 heavy (non-hydrogen) atoms. The van der Waals surface area contributed by atoms with Crippen molar-refractivity contribution in [2.75, 3.05) is 6.54 Å². The minimum absolute atomic E-state index is 0.202. The molecule has 5 nitrogen and oxygen atoms in total. The number of imide groups is 1. The fourth-order valence-corrected chi connectivity index (χ4v) is 19.5. The maximum atomic E-state index is 15.1. The van der Waals surface area contributed by atoms with Crippen molar-refractivity contribution in [1.82, 2.24) is 4.90 Å². The van der Waals surface area contributed by atoms with Crippen molar-refractivity contribution >= 4 is 88.3 Å². The van der Waals surface area contributed by atoms with Crippen molar-refractivity contribution in [3.05, 3.63) is 152 Å². The molecule has 7 heterocycles. The lowest BCUT2D eigenvalue weighted by Crippen LogP contribution is -2.31. The van der Waals surface area contributed by atoms with Gasteiger partial charge < -0.3 is 8.83 Å². The average molecular weight is 1230 g/mol. The molecule has 0 bridgehead atoms. The van der Waals surface area contributed by atoms with Crippen LogP contribution >= 0.6 is 45.3 Å². The van der Waals surface area contributed by atoms with Crippen LogP contribution in [0.2, 0.25) is 0 Å². The van der Waals surface area contributed by atoms with E-state index in [2.05, 4.69) is 172 Å². The zero-order valence-electron chi connectivity index (χ0n) is 53.4. The molecule has 0 spiro atoms. The van der Waals surface area contributed by atoms with E-state index >= 15 is 4.79 Å². The summed E-state index contributed by atoms with van der Waals surface area (Å²) in [6, 6.07) is 36.7. The Morgan fingerprint density at radius 3 is 1.92 bits per heavy atom. The molecule has 4 unspecified atom stereocenters. The van der Waals surface area contributed by atoms with Gasteiger partial charge in [-0.05, 0) is 105 Å². The summed E-state index contributed by atoms with van der Waals surface area (Å²) in [6.45, 7) is 23.4. The molecular weight excluding hydrogens is 1130 g/mol. The summed E-state index contributed by atoms with van der Waals surface area (Å²) in [5, 5.41) is 3.28. The van der Waals surface area contributed by atoms with Gasteiger partial charge in [0, 0.05) is 84.9 Å². The lowest BCUT2D eigenvalue weighted by atomic mass is 9.71. The van der Waals surface area contributed by atoms with Crippen LogP contribution in [0.4, 0.5) is 0 Å². The molecule has 6 aromatic heterocycles. The first-order valence-electron chi connectivity index (χ1n) is 33.3. The maximum absolute atomic E-state index is 15.1. The predicted molar refractivity (Wildman–Crippen MR) is 373 cm³/mol. The number of hydrogen-bond acceptors (Lipinski definition) is 8. The zero-order valence-corrected chi connectivity index (χ0v) is 56.7. The van der Waals surface area contributed by atoms with E-state index in [-0.39, 0.29) is 23.0 Å². The van der Waals surface area contributed by atoms with Gasteiger partial charge in [0.2, 0.25) is 5.76 Å². The molecule has 9 heteroatoms. The SMILES string of the molecule is C/C=C(/C)CC(CCC)(c1ccccc1)c1cc2c(-c3ccc(CC(CC)CCCC)o3)c3sc(-c4sc(C(C)(CCCCC)c5ccccc5)c5c6c(oc45)C(=O)N(CCCCCCC)C6=O)cc3c(-c3ccc(CC(CC)CCCC)s3)c2s1. The van der Waals surface area contributed by atoms with Gasteiger partial charge in [0.25, 0.3) is 11.8 Å². The van der Waals surface area contributed by atoms with Crippen LogP contribution < -0.4 is 0 Å². The average Bonchev–Trinajstić information content (AvgIpc) is 1.60. The Hall–Kier alpha value is -5.32. The third kappa shape index (κ3) is 12.8. The van der Waals surface area contributed by atoms with Crippen molar-refractivity contribution in [1.29, 1.82) is 0 Å². The summed E-state index contributed by atoms with van der Waals surface area (Å²) >= 11 is 7.59.